The molecule has 0 saturated carbocycles. The summed E-state index contributed by atoms with van der Waals surface area (Å²) in [6.45, 7) is 0.614. The third-order valence-corrected chi connectivity index (χ3v) is 1.79. The van der Waals surface area contributed by atoms with Crippen LogP contribution in [0.1, 0.15) is 12.1 Å². The number of rotatable bonds is 4. The molecule has 0 bridgehead atoms. The SMILES string of the molecule is COC(=O)NCCCc1ccccn1. The summed E-state index contributed by atoms with van der Waals surface area (Å²) in [4.78, 5) is 14.8. The van der Waals surface area contributed by atoms with Crippen molar-refractivity contribution < 1.29 is 9.53 Å². The van der Waals surface area contributed by atoms with Crippen molar-refractivity contribution in [3.05, 3.63) is 30.1 Å². The molecule has 0 aliphatic carbocycles. The lowest BCUT2D eigenvalue weighted by Crippen LogP contribution is -2.24. The van der Waals surface area contributed by atoms with Crippen molar-refractivity contribution >= 4 is 6.09 Å². The highest BCUT2D eigenvalue weighted by Gasteiger charge is 1.97. The van der Waals surface area contributed by atoms with Gasteiger partial charge in [0.15, 0.2) is 0 Å². The number of ether oxygens (including phenoxy) is 1. The van der Waals surface area contributed by atoms with Gasteiger partial charge in [0.2, 0.25) is 0 Å². The third kappa shape index (κ3) is 3.89. The monoisotopic (exact) mass is 194 g/mol. The van der Waals surface area contributed by atoms with Gasteiger partial charge < -0.3 is 10.1 Å². The molecule has 0 aromatic carbocycles. The van der Waals surface area contributed by atoms with Gasteiger partial charge in [0.1, 0.15) is 0 Å². The van der Waals surface area contributed by atoms with Gasteiger partial charge in [-0.3, -0.25) is 4.98 Å². The lowest BCUT2D eigenvalue weighted by molar-refractivity contribution is 0.171. The molecular weight excluding hydrogens is 180 g/mol. The predicted octanol–water partition coefficient (Wildman–Crippen LogP) is 1.37. The van der Waals surface area contributed by atoms with Gasteiger partial charge in [-0.15, -0.1) is 0 Å². The van der Waals surface area contributed by atoms with Crippen molar-refractivity contribution in [1.82, 2.24) is 10.3 Å². The summed E-state index contributed by atoms with van der Waals surface area (Å²) in [5.41, 5.74) is 1.04. The largest absolute Gasteiger partial charge is 0.453 e. The first kappa shape index (κ1) is 10.5. The fourth-order valence-electron chi connectivity index (χ4n) is 1.08. The molecule has 14 heavy (non-hydrogen) atoms. The number of hydrogen-bond acceptors (Lipinski definition) is 3. The van der Waals surface area contributed by atoms with Crippen molar-refractivity contribution in [2.24, 2.45) is 0 Å². The minimum atomic E-state index is -0.383. The summed E-state index contributed by atoms with van der Waals surface area (Å²) in [5, 5.41) is 2.61. The van der Waals surface area contributed by atoms with Crippen LogP contribution in [-0.4, -0.2) is 24.7 Å². The highest BCUT2D eigenvalue weighted by molar-refractivity contribution is 5.66. The number of aryl methyl sites for hydroxylation is 1. The summed E-state index contributed by atoms with van der Waals surface area (Å²) >= 11 is 0. The Kier molecular flexibility index (Phi) is 4.47. The van der Waals surface area contributed by atoms with Crippen LogP contribution in [0.25, 0.3) is 0 Å². The topological polar surface area (TPSA) is 51.2 Å². The van der Waals surface area contributed by atoms with Crippen LogP contribution in [-0.2, 0) is 11.2 Å². The van der Waals surface area contributed by atoms with Crippen LogP contribution in [0.3, 0.4) is 0 Å². The van der Waals surface area contributed by atoms with E-state index in [0.29, 0.717) is 6.54 Å². The Balaban J connectivity index is 2.13. The molecule has 1 aromatic rings. The van der Waals surface area contributed by atoms with Crippen molar-refractivity contribution in [1.29, 1.82) is 0 Å². The molecule has 0 radical (unpaired) electrons. The van der Waals surface area contributed by atoms with Gasteiger partial charge in [-0.1, -0.05) is 6.07 Å². The number of amides is 1. The Morgan fingerprint density at radius 1 is 1.57 bits per heavy atom. The van der Waals surface area contributed by atoms with Crippen molar-refractivity contribution in [2.45, 2.75) is 12.8 Å². The molecule has 0 spiro atoms. The van der Waals surface area contributed by atoms with E-state index >= 15 is 0 Å². The Morgan fingerprint density at radius 2 is 2.43 bits per heavy atom. The standard InChI is InChI=1S/C10H14N2O2/c1-14-10(13)12-8-4-6-9-5-2-3-7-11-9/h2-3,5,7H,4,6,8H2,1H3,(H,12,13). The highest BCUT2D eigenvalue weighted by atomic mass is 16.5. The predicted molar refractivity (Wildman–Crippen MR) is 53.0 cm³/mol. The molecule has 1 aromatic heterocycles. The fourth-order valence-corrected chi connectivity index (χ4v) is 1.08. The summed E-state index contributed by atoms with van der Waals surface area (Å²) in [7, 11) is 1.36. The molecule has 0 aliphatic rings. The van der Waals surface area contributed by atoms with Crippen LogP contribution in [0.5, 0.6) is 0 Å². The first-order valence-electron chi connectivity index (χ1n) is 4.54. The second kappa shape index (κ2) is 5.96. The van der Waals surface area contributed by atoms with Crippen molar-refractivity contribution in [3.63, 3.8) is 0 Å². The van der Waals surface area contributed by atoms with E-state index in [2.05, 4.69) is 15.0 Å². The zero-order chi connectivity index (χ0) is 10.2. The zero-order valence-electron chi connectivity index (χ0n) is 8.19. The molecule has 0 saturated heterocycles. The van der Waals surface area contributed by atoms with Crippen molar-refractivity contribution in [3.8, 4) is 0 Å². The lowest BCUT2D eigenvalue weighted by atomic mass is 10.2. The summed E-state index contributed by atoms with van der Waals surface area (Å²) < 4.78 is 4.44. The maximum Gasteiger partial charge on any atom is 0.406 e. The first-order chi connectivity index (χ1) is 6.83. The van der Waals surface area contributed by atoms with Crippen molar-refractivity contribution in [2.75, 3.05) is 13.7 Å². The number of hydrogen-bond donors (Lipinski definition) is 1. The number of nitrogens with one attached hydrogen (secondary N) is 1. The maximum absolute atomic E-state index is 10.7. The van der Waals surface area contributed by atoms with Gasteiger partial charge >= 0.3 is 6.09 Å². The van der Waals surface area contributed by atoms with E-state index in [-0.39, 0.29) is 6.09 Å². The summed E-state index contributed by atoms with van der Waals surface area (Å²) in [6.07, 6.45) is 3.12. The second-order valence-corrected chi connectivity index (χ2v) is 2.84. The number of methoxy groups -OCH3 is 1. The third-order valence-electron chi connectivity index (χ3n) is 1.79. The van der Waals surface area contributed by atoms with Gasteiger partial charge in [-0.2, -0.15) is 0 Å². The van der Waals surface area contributed by atoms with Crippen LogP contribution in [0.15, 0.2) is 24.4 Å². The van der Waals surface area contributed by atoms with E-state index in [1.54, 1.807) is 6.20 Å². The normalized spacial score (nSPS) is 9.50. The molecular formula is C10H14N2O2. The van der Waals surface area contributed by atoms with E-state index < -0.39 is 0 Å². The van der Waals surface area contributed by atoms with Gasteiger partial charge in [0.25, 0.3) is 0 Å². The smallest absolute Gasteiger partial charge is 0.406 e. The number of aromatic nitrogens is 1. The summed E-state index contributed by atoms with van der Waals surface area (Å²) in [6, 6.07) is 5.81. The minimum Gasteiger partial charge on any atom is -0.453 e. The number of carbonyl (C=O) groups excluding carboxylic acids is 1. The number of alkyl carbamates (subject to hydrolysis) is 1. The Bertz CT molecular complexity index is 275. The lowest BCUT2D eigenvalue weighted by Gasteiger charge is -2.02. The summed E-state index contributed by atoms with van der Waals surface area (Å²) in [5.74, 6) is 0. The van der Waals surface area contributed by atoms with E-state index in [1.807, 2.05) is 18.2 Å². The van der Waals surface area contributed by atoms with Gasteiger partial charge in [0, 0.05) is 18.4 Å². The van der Waals surface area contributed by atoms with Crippen LogP contribution < -0.4 is 5.32 Å². The quantitative estimate of drug-likeness (QED) is 0.736. The molecule has 0 atom stereocenters. The van der Waals surface area contributed by atoms with Gasteiger partial charge in [0.05, 0.1) is 7.11 Å². The van der Waals surface area contributed by atoms with Gasteiger partial charge in [-0.05, 0) is 25.0 Å². The molecule has 1 amide bonds. The molecule has 1 rings (SSSR count). The van der Waals surface area contributed by atoms with Crippen LogP contribution >= 0.6 is 0 Å². The van der Waals surface area contributed by atoms with Crippen LogP contribution in [0, 0.1) is 0 Å². The highest BCUT2D eigenvalue weighted by Crippen LogP contribution is 1.96. The van der Waals surface area contributed by atoms with E-state index in [4.69, 9.17) is 0 Å². The van der Waals surface area contributed by atoms with E-state index in [0.717, 1.165) is 18.5 Å². The van der Waals surface area contributed by atoms with Crippen LogP contribution in [0.2, 0.25) is 0 Å². The molecule has 0 aliphatic heterocycles. The van der Waals surface area contributed by atoms with Crippen LogP contribution in [0.4, 0.5) is 4.79 Å². The number of pyridine rings is 1. The number of carbonyl (C=O) groups is 1. The van der Waals surface area contributed by atoms with E-state index in [9.17, 15) is 4.79 Å². The average molecular weight is 194 g/mol. The number of nitrogens with zero attached hydrogens (tertiary/aromatic N) is 1. The maximum atomic E-state index is 10.7. The molecule has 0 unspecified atom stereocenters. The molecule has 4 nitrogen and oxygen atoms in total. The fraction of sp³-hybridized carbons (Fsp3) is 0.400. The Hall–Kier alpha value is -1.58. The van der Waals surface area contributed by atoms with E-state index in [1.165, 1.54) is 7.11 Å². The molecule has 0 fully saturated rings. The Labute approximate surface area is 83.3 Å². The van der Waals surface area contributed by atoms with Gasteiger partial charge in [-0.25, -0.2) is 4.79 Å². The zero-order valence-corrected chi connectivity index (χ0v) is 8.19. The first-order valence-corrected chi connectivity index (χ1v) is 4.54. The average Bonchev–Trinajstić information content (AvgIpc) is 2.25. The molecule has 4 heteroatoms. The molecule has 1 N–H and O–H groups in total. The Morgan fingerprint density at radius 3 is 3.07 bits per heavy atom. The second-order valence-electron chi connectivity index (χ2n) is 2.84. The minimum absolute atomic E-state index is 0.383. The molecule has 76 valence electrons. The molecule has 1 heterocycles.